The van der Waals surface area contributed by atoms with Crippen LogP contribution < -0.4 is 25.0 Å². The summed E-state index contributed by atoms with van der Waals surface area (Å²) in [4.78, 5) is 23.0. The van der Waals surface area contributed by atoms with Gasteiger partial charge < -0.3 is 25.0 Å². The Morgan fingerprint density at radius 2 is 1.82 bits per heavy atom. The number of rotatable bonds is 10. The molecule has 2 fully saturated rings. The number of nitrogens with one attached hydrogen (secondary N) is 3. The van der Waals surface area contributed by atoms with Gasteiger partial charge >= 0.3 is 0 Å². The summed E-state index contributed by atoms with van der Waals surface area (Å²) in [7, 11) is -0.0886. The van der Waals surface area contributed by atoms with Crippen LogP contribution in [0, 0.1) is 0 Å². The lowest BCUT2D eigenvalue weighted by Crippen LogP contribution is -2.51. The Morgan fingerprint density at radius 3 is 2.55 bits per heavy atom. The second-order valence-electron chi connectivity index (χ2n) is 12.8. The number of hydrogen-bond donors (Lipinski definition) is 3. The van der Waals surface area contributed by atoms with E-state index in [4.69, 9.17) is 14.5 Å². The number of halogens is 1. The molecule has 0 saturated carbocycles. The Kier molecular flexibility index (Phi) is 9.96. The first-order valence-corrected chi connectivity index (χ1v) is 19.3. The molecule has 3 N–H and O–H groups in total. The summed E-state index contributed by atoms with van der Waals surface area (Å²) in [6, 6.07) is 8.13. The number of anilines is 6. The lowest BCUT2D eigenvalue weighted by atomic mass is 9.98. The molecule has 1 atom stereocenters. The first kappa shape index (κ1) is 34.9. The van der Waals surface area contributed by atoms with Crippen molar-refractivity contribution in [2.45, 2.75) is 31.9 Å². The molecule has 7 rings (SSSR count). The van der Waals surface area contributed by atoms with Crippen LogP contribution in [0.15, 0.2) is 59.7 Å². The molecular formula is C34H40BrN11O4S. The smallest absolute Gasteiger partial charge is 0.229 e. The molecule has 2 aliphatic heterocycles. The monoisotopic (exact) mass is 777 g/mol. The predicted molar refractivity (Wildman–Crippen MR) is 202 cm³/mol. The number of methoxy groups -OCH3 is 1. The standard InChI is InChI=1S/C34H40BrN11O4S/c1-21-19-46(13-14-50-21)23-7-11-45(12-8-23)29-16-30(49-3)28(15-24(29)22-17-39-44(2)20-22)41-34-38-18-25(35)33(42-34)40-27-6-5-26-31(37-10-9-36-26)32(27)43-51(4,47)48/h5-6,9-10,15-18,20-21,23,43H,7-8,11-14,19H2,1-4H3,(H2,38,40,41,42)/t21-/m0/s1. The summed E-state index contributed by atoms with van der Waals surface area (Å²) in [5.41, 5.74) is 5.35. The van der Waals surface area contributed by atoms with E-state index in [0.717, 1.165) is 68.7 Å². The third kappa shape index (κ3) is 7.85. The quantitative estimate of drug-likeness (QED) is 0.171. The Hall–Kier alpha value is -4.58. The van der Waals surface area contributed by atoms with Crippen LogP contribution in [0.25, 0.3) is 22.2 Å². The molecule has 17 heteroatoms. The molecule has 0 amide bonds. The Balaban J connectivity index is 1.18. The van der Waals surface area contributed by atoms with Gasteiger partial charge in [-0.1, -0.05) is 0 Å². The summed E-state index contributed by atoms with van der Waals surface area (Å²) < 4.78 is 41.3. The van der Waals surface area contributed by atoms with Crippen molar-refractivity contribution >= 4 is 71.5 Å². The predicted octanol–water partition coefficient (Wildman–Crippen LogP) is 5.14. The molecule has 2 aromatic carbocycles. The minimum atomic E-state index is -3.64. The van der Waals surface area contributed by atoms with E-state index in [1.165, 1.54) is 6.20 Å². The van der Waals surface area contributed by atoms with Crippen LogP contribution >= 0.6 is 15.9 Å². The number of sulfonamides is 1. The number of fused-ring (bicyclic) bond motifs is 1. The van der Waals surface area contributed by atoms with E-state index in [9.17, 15) is 8.42 Å². The van der Waals surface area contributed by atoms with Crippen molar-refractivity contribution < 1.29 is 17.9 Å². The van der Waals surface area contributed by atoms with Crippen LogP contribution in [0.2, 0.25) is 0 Å². The average molecular weight is 779 g/mol. The molecule has 0 aliphatic carbocycles. The van der Waals surface area contributed by atoms with Gasteiger partial charge in [-0.25, -0.2) is 13.4 Å². The van der Waals surface area contributed by atoms with Gasteiger partial charge in [0.15, 0.2) is 0 Å². The number of morpholine rings is 1. The van der Waals surface area contributed by atoms with E-state index in [1.54, 1.807) is 36.3 Å². The van der Waals surface area contributed by atoms with Crippen LogP contribution in [-0.4, -0.2) is 101 Å². The molecule has 2 aliphatic rings. The van der Waals surface area contributed by atoms with Crippen molar-refractivity contribution in [2.75, 3.05) is 66.4 Å². The lowest BCUT2D eigenvalue weighted by Gasteiger charge is -2.42. The SMILES string of the molecule is COc1cc(N2CCC(N3CCO[C@@H](C)C3)CC2)c(-c2cnn(C)c2)cc1Nc1ncc(Br)c(Nc2ccc3nccnc3c2NS(C)(=O)=O)n1. The fraction of sp³-hybridized carbons (Fsp3) is 0.382. The van der Waals surface area contributed by atoms with Crippen LogP contribution in [0.1, 0.15) is 19.8 Å². The Morgan fingerprint density at radius 1 is 1.02 bits per heavy atom. The van der Waals surface area contributed by atoms with E-state index < -0.39 is 10.0 Å². The number of benzene rings is 2. The summed E-state index contributed by atoms with van der Waals surface area (Å²) >= 11 is 3.54. The van der Waals surface area contributed by atoms with Gasteiger partial charge in [0.25, 0.3) is 0 Å². The van der Waals surface area contributed by atoms with Gasteiger partial charge in [-0.15, -0.1) is 0 Å². The molecule has 0 unspecified atom stereocenters. The molecule has 15 nitrogen and oxygen atoms in total. The van der Waals surface area contributed by atoms with Crippen LogP contribution in [0.3, 0.4) is 0 Å². The molecule has 0 radical (unpaired) electrons. The van der Waals surface area contributed by atoms with Gasteiger partial charge in [0.1, 0.15) is 17.1 Å². The van der Waals surface area contributed by atoms with Crippen molar-refractivity contribution in [1.82, 2.24) is 34.6 Å². The summed E-state index contributed by atoms with van der Waals surface area (Å²) in [5, 5.41) is 11.1. The maximum absolute atomic E-state index is 12.3. The molecule has 0 spiro atoms. The summed E-state index contributed by atoms with van der Waals surface area (Å²) in [6.07, 6.45) is 12.0. The highest BCUT2D eigenvalue weighted by Gasteiger charge is 2.29. The molecule has 0 bridgehead atoms. The van der Waals surface area contributed by atoms with Crippen molar-refractivity contribution in [1.29, 1.82) is 0 Å². The van der Waals surface area contributed by atoms with E-state index in [-0.39, 0.29) is 11.8 Å². The lowest BCUT2D eigenvalue weighted by molar-refractivity contribution is -0.0373. The Labute approximate surface area is 305 Å². The van der Waals surface area contributed by atoms with Crippen molar-refractivity contribution in [2.24, 2.45) is 7.05 Å². The number of ether oxygens (including phenoxy) is 2. The van der Waals surface area contributed by atoms with Gasteiger partial charge in [0.2, 0.25) is 16.0 Å². The van der Waals surface area contributed by atoms with E-state index in [0.29, 0.717) is 50.4 Å². The van der Waals surface area contributed by atoms with E-state index in [2.05, 4.69) is 80.2 Å². The highest BCUT2D eigenvalue weighted by Crippen LogP contribution is 2.42. The molecule has 268 valence electrons. The number of aryl methyl sites for hydroxylation is 1. The normalized spacial score (nSPS) is 17.4. The topological polar surface area (TPSA) is 165 Å². The second-order valence-corrected chi connectivity index (χ2v) is 15.4. The van der Waals surface area contributed by atoms with Crippen LogP contribution in [0.4, 0.5) is 34.5 Å². The zero-order valence-electron chi connectivity index (χ0n) is 28.8. The largest absolute Gasteiger partial charge is 0.494 e. The third-order valence-electron chi connectivity index (χ3n) is 9.10. The minimum Gasteiger partial charge on any atom is -0.494 e. The maximum Gasteiger partial charge on any atom is 0.229 e. The molecule has 5 aromatic rings. The number of hydrogen-bond acceptors (Lipinski definition) is 13. The number of piperidine rings is 1. The van der Waals surface area contributed by atoms with Crippen LogP contribution in [0.5, 0.6) is 5.75 Å². The first-order chi connectivity index (χ1) is 24.5. The van der Waals surface area contributed by atoms with Crippen molar-refractivity contribution in [3.05, 3.63) is 59.7 Å². The van der Waals surface area contributed by atoms with Gasteiger partial charge in [-0.05, 0) is 53.9 Å². The number of nitrogens with zero attached hydrogens (tertiary/aromatic N) is 8. The van der Waals surface area contributed by atoms with E-state index in [1.807, 2.05) is 19.4 Å². The molecule has 51 heavy (non-hydrogen) atoms. The van der Waals surface area contributed by atoms with Gasteiger partial charge in [-0.3, -0.25) is 24.3 Å². The van der Waals surface area contributed by atoms with Crippen molar-refractivity contribution in [3.8, 4) is 16.9 Å². The van der Waals surface area contributed by atoms with Gasteiger partial charge in [0.05, 0.1) is 59.3 Å². The highest BCUT2D eigenvalue weighted by atomic mass is 79.9. The molecule has 3 aromatic heterocycles. The van der Waals surface area contributed by atoms with Crippen LogP contribution in [-0.2, 0) is 21.8 Å². The zero-order valence-corrected chi connectivity index (χ0v) is 31.2. The third-order valence-corrected chi connectivity index (χ3v) is 10.3. The molecular weight excluding hydrogens is 738 g/mol. The number of aromatic nitrogens is 6. The zero-order chi connectivity index (χ0) is 35.7. The van der Waals surface area contributed by atoms with E-state index >= 15 is 0 Å². The fourth-order valence-electron chi connectivity index (χ4n) is 6.73. The highest BCUT2D eigenvalue weighted by molar-refractivity contribution is 9.10. The molecule has 2 saturated heterocycles. The average Bonchev–Trinajstić information content (AvgIpc) is 3.56. The van der Waals surface area contributed by atoms with Gasteiger partial charge in [-0.2, -0.15) is 10.1 Å². The first-order valence-electron chi connectivity index (χ1n) is 16.6. The Bertz CT molecular complexity index is 2160. The second kappa shape index (κ2) is 14.6. The summed E-state index contributed by atoms with van der Waals surface area (Å²) in [5.74, 6) is 1.33. The van der Waals surface area contributed by atoms with Gasteiger partial charge in [0, 0.05) is 86.9 Å². The summed E-state index contributed by atoms with van der Waals surface area (Å²) in [6.45, 7) is 6.73. The fourth-order valence-corrected chi connectivity index (χ4v) is 7.60. The maximum atomic E-state index is 12.3. The molecule has 5 heterocycles. The minimum absolute atomic E-state index is 0.255. The van der Waals surface area contributed by atoms with Crippen molar-refractivity contribution in [3.63, 3.8) is 0 Å².